The largest absolute Gasteiger partial charge is 0.462 e. The van der Waals surface area contributed by atoms with Crippen molar-refractivity contribution in [1.29, 1.82) is 0 Å². The highest BCUT2D eigenvalue weighted by Gasteiger charge is 2.19. The molecule has 0 N–H and O–H groups in total. The van der Waals surface area contributed by atoms with Crippen LogP contribution in [-0.2, 0) is 28.6 Å². The van der Waals surface area contributed by atoms with Crippen molar-refractivity contribution < 1.29 is 28.6 Å². The lowest BCUT2D eigenvalue weighted by Crippen LogP contribution is -2.30. The smallest absolute Gasteiger partial charge is 0.306 e. The van der Waals surface area contributed by atoms with Crippen LogP contribution in [0.2, 0.25) is 0 Å². The van der Waals surface area contributed by atoms with Crippen LogP contribution in [0.15, 0.2) is 60.8 Å². The van der Waals surface area contributed by atoms with Crippen molar-refractivity contribution in [2.24, 2.45) is 0 Å². The lowest BCUT2D eigenvalue weighted by atomic mass is 10.1. The van der Waals surface area contributed by atoms with E-state index in [4.69, 9.17) is 14.2 Å². The highest BCUT2D eigenvalue weighted by atomic mass is 16.6. The summed E-state index contributed by atoms with van der Waals surface area (Å²) in [5, 5.41) is 0. The van der Waals surface area contributed by atoms with E-state index in [1.54, 1.807) is 0 Å². The van der Waals surface area contributed by atoms with Gasteiger partial charge in [-0.1, -0.05) is 242 Å². The van der Waals surface area contributed by atoms with Crippen LogP contribution in [0.3, 0.4) is 0 Å². The zero-order valence-corrected chi connectivity index (χ0v) is 46.5. The fourth-order valence-corrected chi connectivity index (χ4v) is 8.62. The average Bonchev–Trinajstić information content (AvgIpc) is 3.36. The fraction of sp³-hybridized carbons (Fsp3) is 0.797. The first kappa shape index (κ1) is 67.1. The number of hydrogen-bond acceptors (Lipinski definition) is 6. The fourth-order valence-electron chi connectivity index (χ4n) is 8.62. The molecule has 0 unspecified atom stereocenters. The van der Waals surface area contributed by atoms with Crippen LogP contribution in [0.1, 0.15) is 310 Å². The third kappa shape index (κ3) is 56.0. The van der Waals surface area contributed by atoms with Crippen molar-refractivity contribution in [3.63, 3.8) is 0 Å². The molecule has 1 atom stereocenters. The van der Waals surface area contributed by atoms with Gasteiger partial charge in [-0.3, -0.25) is 14.4 Å². The van der Waals surface area contributed by atoms with Crippen LogP contribution in [0.5, 0.6) is 0 Å². The minimum atomic E-state index is -0.786. The molecule has 0 amide bonds. The van der Waals surface area contributed by atoms with Crippen LogP contribution in [0.4, 0.5) is 0 Å². The lowest BCUT2D eigenvalue weighted by molar-refractivity contribution is -0.167. The summed E-state index contributed by atoms with van der Waals surface area (Å²) in [6, 6.07) is 0. The number of unbranched alkanes of at least 4 members (excludes halogenated alkanes) is 34. The molecule has 0 aromatic rings. The Morgan fingerprint density at radius 3 is 0.843 bits per heavy atom. The summed E-state index contributed by atoms with van der Waals surface area (Å²) in [5.74, 6) is -0.895. The van der Waals surface area contributed by atoms with Gasteiger partial charge >= 0.3 is 17.9 Å². The molecule has 70 heavy (non-hydrogen) atoms. The van der Waals surface area contributed by atoms with E-state index in [-0.39, 0.29) is 31.1 Å². The van der Waals surface area contributed by atoms with Crippen molar-refractivity contribution in [1.82, 2.24) is 0 Å². The van der Waals surface area contributed by atoms with Crippen LogP contribution in [0, 0.1) is 0 Å². The van der Waals surface area contributed by atoms with Crippen molar-refractivity contribution in [3.05, 3.63) is 60.8 Å². The number of rotatable bonds is 55. The molecule has 0 heterocycles. The Bertz CT molecular complexity index is 1260. The Balaban J connectivity index is 4.41. The van der Waals surface area contributed by atoms with Gasteiger partial charge in [-0.05, 0) is 109 Å². The molecule has 0 rings (SSSR count). The number of carbonyl (C=O) groups is 3. The van der Waals surface area contributed by atoms with Crippen molar-refractivity contribution in [3.8, 4) is 0 Å². The highest BCUT2D eigenvalue weighted by molar-refractivity contribution is 5.71. The second-order valence-electron chi connectivity index (χ2n) is 20.2. The van der Waals surface area contributed by atoms with Crippen LogP contribution < -0.4 is 0 Å². The van der Waals surface area contributed by atoms with Gasteiger partial charge in [0.2, 0.25) is 0 Å². The van der Waals surface area contributed by atoms with E-state index in [9.17, 15) is 14.4 Å². The van der Waals surface area contributed by atoms with Gasteiger partial charge in [0.25, 0.3) is 0 Å². The third-order valence-corrected chi connectivity index (χ3v) is 13.2. The number of hydrogen-bond donors (Lipinski definition) is 0. The minimum absolute atomic E-state index is 0.0833. The molecule has 0 aliphatic carbocycles. The summed E-state index contributed by atoms with van der Waals surface area (Å²) in [4.78, 5) is 38.2. The van der Waals surface area contributed by atoms with Gasteiger partial charge in [0, 0.05) is 19.3 Å². The predicted octanol–water partition coefficient (Wildman–Crippen LogP) is 20.4. The van der Waals surface area contributed by atoms with E-state index in [1.807, 2.05) is 0 Å². The van der Waals surface area contributed by atoms with Gasteiger partial charge in [-0.15, -0.1) is 0 Å². The second kappa shape index (κ2) is 58.7. The summed E-state index contributed by atoms with van der Waals surface area (Å²) in [7, 11) is 0. The van der Waals surface area contributed by atoms with E-state index in [0.29, 0.717) is 19.3 Å². The van der Waals surface area contributed by atoms with Gasteiger partial charge in [-0.25, -0.2) is 0 Å². The summed E-state index contributed by atoms with van der Waals surface area (Å²) >= 11 is 0. The Morgan fingerprint density at radius 1 is 0.286 bits per heavy atom. The van der Waals surface area contributed by atoms with Crippen molar-refractivity contribution >= 4 is 17.9 Å². The predicted molar refractivity (Wildman–Crippen MR) is 302 cm³/mol. The number of carbonyl (C=O) groups excluding carboxylic acids is 3. The molecule has 0 aliphatic rings. The first-order valence-corrected chi connectivity index (χ1v) is 30.3. The van der Waals surface area contributed by atoms with Crippen LogP contribution in [0.25, 0.3) is 0 Å². The van der Waals surface area contributed by atoms with Gasteiger partial charge in [-0.2, -0.15) is 0 Å². The quantitative estimate of drug-likeness (QED) is 0.0261. The van der Waals surface area contributed by atoms with Gasteiger partial charge in [0.15, 0.2) is 6.10 Å². The molecule has 0 saturated carbocycles. The van der Waals surface area contributed by atoms with E-state index >= 15 is 0 Å². The number of ether oxygens (including phenoxy) is 3. The molecule has 0 radical (unpaired) electrons. The Morgan fingerprint density at radius 2 is 0.514 bits per heavy atom. The summed E-state index contributed by atoms with van der Waals surface area (Å²) in [6.45, 7) is 6.62. The maximum absolute atomic E-state index is 12.9. The first-order chi connectivity index (χ1) is 34.5. The van der Waals surface area contributed by atoms with Gasteiger partial charge < -0.3 is 14.2 Å². The maximum atomic E-state index is 12.9. The lowest BCUT2D eigenvalue weighted by Gasteiger charge is -2.18. The molecule has 0 bridgehead atoms. The molecule has 0 aromatic carbocycles. The molecular weight excluding hydrogens is 865 g/mol. The zero-order valence-electron chi connectivity index (χ0n) is 46.5. The Hall–Kier alpha value is -2.89. The van der Waals surface area contributed by atoms with Crippen molar-refractivity contribution in [2.45, 2.75) is 316 Å². The molecular formula is C64H114O6. The van der Waals surface area contributed by atoms with E-state index in [1.165, 1.54) is 186 Å². The second-order valence-corrected chi connectivity index (χ2v) is 20.2. The van der Waals surface area contributed by atoms with Gasteiger partial charge in [0.1, 0.15) is 13.2 Å². The average molecular weight is 980 g/mol. The molecule has 406 valence electrons. The Kier molecular flexibility index (Phi) is 56.3. The SMILES string of the molecule is CCCCC/C=C\C/C=C\C/C=C\CCCCCCCCC(=O)OC[C@@H](COC(=O)CCCCCCC/C=C\CCCCCCCCC)OC(=O)CCCCCCCCC/C=C\CCCCCCCC. The number of esters is 3. The standard InChI is InChI=1S/C64H114O6/c1-4-7-10-13-16-19-22-25-28-31-32-34-36-39-42-45-48-51-54-57-63(66)69-60-61(59-68-62(65)56-53-50-47-44-41-38-35-30-27-24-21-18-15-12-9-6-3)70-64(67)58-55-52-49-46-43-40-37-33-29-26-23-20-17-14-11-8-5-2/h16,19,25-26,28-30,32,34-35,61H,4-15,17-18,20-24,27,31,33,36-60H2,1-3H3/b19-16-,28-25-,29-26-,34-32-,35-30-/t61-/m1/s1. The monoisotopic (exact) mass is 979 g/mol. The highest BCUT2D eigenvalue weighted by Crippen LogP contribution is 2.15. The van der Waals surface area contributed by atoms with Crippen LogP contribution in [-0.4, -0.2) is 37.2 Å². The van der Waals surface area contributed by atoms with E-state index in [0.717, 1.165) is 83.5 Å². The van der Waals surface area contributed by atoms with Crippen molar-refractivity contribution in [2.75, 3.05) is 13.2 Å². The third-order valence-electron chi connectivity index (χ3n) is 13.2. The molecule has 0 saturated heterocycles. The molecule has 0 aliphatic heterocycles. The molecule has 0 spiro atoms. The normalized spacial score (nSPS) is 12.4. The van der Waals surface area contributed by atoms with E-state index in [2.05, 4.69) is 81.5 Å². The maximum Gasteiger partial charge on any atom is 0.306 e. The van der Waals surface area contributed by atoms with Gasteiger partial charge in [0.05, 0.1) is 0 Å². The molecule has 0 fully saturated rings. The first-order valence-electron chi connectivity index (χ1n) is 30.3. The van der Waals surface area contributed by atoms with Crippen LogP contribution >= 0.6 is 0 Å². The molecule has 6 nitrogen and oxygen atoms in total. The number of allylic oxidation sites excluding steroid dienone is 10. The minimum Gasteiger partial charge on any atom is -0.462 e. The topological polar surface area (TPSA) is 78.9 Å². The molecule has 0 aromatic heterocycles. The Labute approximate surface area is 434 Å². The summed E-state index contributed by atoms with van der Waals surface area (Å²) < 4.78 is 16.9. The zero-order chi connectivity index (χ0) is 50.7. The molecule has 6 heteroatoms. The summed E-state index contributed by atoms with van der Waals surface area (Å²) in [6.07, 6.45) is 73.5. The summed E-state index contributed by atoms with van der Waals surface area (Å²) in [5.41, 5.74) is 0. The van der Waals surface area contributed by atoms with E-state index < -0.39 is 6.10 Å².